The summed E-state index contributed by atoms with van der Waals surface area (Å²) in [7, 11) is 0. The smallest absolute Gasteiger partial charge is 0.382 e. The lowest BCUT2D eigenvalue weighted by Gasteiger charge is -2.28. The lowest BCUT2D eigenvalue weighted by Crippen LogP contribution is -2.41. The molecule has 1 fully saturated rings. The van der Waals surface area contributed by atoms with E-state index in [2.05, 4.69) is 10.4 Å². The highest BCUT2D eigenvalue weighted by Gasteiger charge is 2.30. The van der Waals surface area contributed by atoms with Crippen LogP contribution in [0.15, 0.2) is 53.6 Å². The second-order valence-corrected chi connectivity index (χ2v) is 6.26. The molecule has 1 saturated heterocycles. The summed E-state index contributed by atoms with van der Waals surface area (Å²) < 4.78 is 43.1. The van der Waals surface area contributed by atoms with E-state index in [-0.39, 0.29) is 5.84 Å². The number of anilines is 2. The number of nitrogens with two attached hydrogens (primary N) is 2. The molecule has 1 aliphatic heterocycles. The normalized spacial score (nSPS) is 15.3. The number of hydrogen-bond donors (Lipinski definition) is 3. The number of nitrogens with one attached hydrogen (secondary N) is 1. The first kappa shape index (κ1) is 19.0. The number of halogens is 3. The van der Waals surface area contributed by atoms with Crippen molar-refractivity contribution in [3.05, 3.63) is 59.7 Å². The molecule has 0 unspecified atom stereocenters. The van der Waals surface area contributed by atoms with E-state index in [1.165, 1.54) is 17.3 Å². The topological polar surface area (TPSA) is 88.9 Å². The fourth-order valence-electron chi connectivity index (χ4n) is 2.60. The Kier molecular flexibility index (Phi) is 5.52. The lowest BCUT2D eigenvalue weighted by atomic mass is 10.1. The van der Waals surface area contributed by atoms with Gasteiger partial charge in [-0.25, -0.2) is 11.0 Å². The van der Waals surface area contributed by atoms with Gasteiger partial charge in [-0.05, 0) is 36.4 Å². The van der Waals surface area contributed by atoms with Crippen molar-refractivity contribution in [1.29, 1.82) is 0 Å². The summed E-state index contributed by atoms with van der Waals surface area (Å²) in [4.78, 5) is 0. The summed E-state index contributed by atoms with van der Waals surface area (Å²) in [6.07, 6.45) is -4.37. The molecule has 144 valence electrons. The standard InChI is InChI=1S/C18H20F3N5O/c19-18(20,21)13-5-7-14(8-6-13)24-16-4-2-1-3-15(16)17(22)25-26(23)9-12-10-27-11-12/h1-8,12,24H,9-11,23H2,(H2,22,25). The molecule has 0 aromatic heterocycles. The molecule has 1 heterocycles. The van der Waals surface area contributed by atoms with Gasteiger partial charge in [0.2, 0.25) is 0 Å². The number of hydrazine groups is 1. The SMILES string of the molecule is N/C(=N\N(N)CC1COC1)c1ccccc1Nc1ccc(C(F)(F)F)cc1. The van der Waals surface area contributed by atoms with Gasteiger partial charge in [-0.1, -0.05) is 12.1 Å². The zero-order chi connectivity index (χ0) is 19.4. The summed E-state index contributed by atoms with van der Waals surface area (Å²) in [5.74, 6) is 6.39. The third-order valence-corrected chi connectivity index (χ3v) is 4.08. The first-order chi connectivity index (χ1) is 12.8. The molecule has 0 bridgehead atoms. The van der Waals surface area contributed by atoms with Crippen molar-refractivity contribution in [2.75, 3.05) is 25.1 Å². The van der Waals surface area contributed by atoms with Crippen LogP contribution in [0.1, 0.15) is 11.1 Å². The van der Waals surface area contributed by atoms with Crippen molar-refractivity contribution < 1.29 is 17.9 Å². The third-order valence-electron chi connectivity index (χ3n) is 4.08. The van der Waals surface area contributed by atoms with Crippen LogP contribution in [0, 0.1) is 5.92 Å². The van der Waals surface area contributed by atoms with Gasteiger partial charge in [0, 0.05) is 22.9 Å². The molecule has 2 aromatic rings. The van der Waals surface area contributed by atoms with Crippen molar-refractivity contribution >= 4 is 17.2 Å². The molecule has 0 aliphatic carbocycles. The molecule has 3 rings (SSSR count). The van der Waals surface area contributed by atoms with Crippen LogP contribution in [0.25, 0.3) is 0 Å². The highest BCUT2D eigenvalue weighted by atomic mass is 19.4. The quantitative estimate of drug-likeness (QED) is 0.311. The minimum atomic E-state index is -4.37. The van der Waals surface area contributed by atoms with Crippen LogP contribution in [0.5, 0.6) is 0 Å². The first-order valence-corrected chi connectivity index (χ1v) is 8.30. The van der Waals surface area contributed by atoms with Gasteiger partial charge in [-0.3, -0.25) is 0 Å². The summed E-state index contributed by atoms with van der Waals surface area (Å²) in [6, 6.07) is 11.8. The molecule has 9 heteroatoms. The molecular formula is C18H20F3N5O. The van der Waals surface area contributed by atoms with Crippen molar-refractivity contribution in [2.24, 2.45) is 22.6 Å². The summed E-state index contributed by atoms with van der Waals surface area (Å²) in [5.41, 5.74) is 7.07. The molecule has 27 heavy (non-hydrogen) atoms. The van der Waals surface area contributed by atoms with Gasteiger partial charge in [0.05, 0.1) is 25.3 Å². The van der Waals surface area contributed by atoms with Crippen LogP contribution in [-0.4, -0.2) is 30.7 Å². The Morgan fingerprint density at radius 1 is 1.15 bits per heavy atom. The largest absolute Gasteiger partial charge is 0.416 e. The highest BCUT2D eigenvalue weighted by Crippen LogP contribution is 2.30. The van der Waals surface area contributed by atoms with E-state index in [1.54, 1.807) is 24.3 Å². The number of ether oxygens (including phenoxy) is 1. The third kappa shape index (κ3) is 4.89. The van der Waals surface area contributed by atoms with E-state index in [0.29, 0.717) is 42.6 Å². The molecular weight excluding hydrogens is 359 g/mol. The van der Waals surface area contributed by atoms with Crippen molar-refractivity contribution in [3.63, 3.8) is 0 Å². The Labute approximate surface area is 154 Å². The number of amidine groups is 1. The van der Waals surface area contributed by atoms with E-state index >= 15 is 0 Å². The summed E-state index contributed by atoms with van der Waals surface area (Å²) >= 11 is 0. The average molecular weight is 379 g/mol. The van der Waals surface area contributed by atoms with Crippen LogP contribution in [0.4, 0.5) is 24.5 Å². The number of para-hydroxylation sites is 1. The van der Waals surface area contributed by atoms with E-state index in [9.17, 15) is 13.2 Å². The maximum atomic E-state index is 12.7. The second-order valence-electron chi connectivity index (χ2n) is 6.26. The zero-order valence-corrected chi connectivity index (χ0v) is 14.4. The van der Waals surface area contributed by atoms with Crippen LogP contribution >= 0.6 is 0 Å². The highest BCUT2D eigenvalue weighted by molar-refractivity contribution is 6.02. The molecule has 1 aliphatic rings. The number of benzene rings is 2. The van der Waals surface area contributed by atoms with Crippen LogP contribution in [0.3, 0.4) is 0 Å². The predicted octanol–water partition coefficient (Wildman–Crippen LogP) is 2.89. The Morgan fingerprint density at radius 2 is 1.81 bits per heavy atom. The fraction of sp³-hybridized carbons (Fsp3) is 0.278. The minimum Gasteiger partial charge on any atom is -0.382 e. The van der Waals surface area contributed by atoms with Crippen LogP contribution in [-0.2, 0) is 10.9 Å². The van der Waals surface area contributed by atoms with Gasteiger partial charge in [0.25, 0.3) is 0 Å². The predicted molar refractivity (Wildman–Crippen MR) is 97.1 cm³/mol. The Bertz CT molecular complexity index is 803. The molecule has 0 radical (unpaired) electrons. The number of alkyl halides is 3. The van der Waals surface area contributed by atoms with Gasteiger partial charge in [-0.2, -0.15) is 13.2 Å². The van der Waals surface area contributed by atoms with Gasteiger partial charge in [0.1, 0.15) is 0 Å². The molecule has 0 saturated carbocycles. The Balaban J connectivity index is 1.75. The molecule has 0 amide bonds. The number of hydrogen-bond acceptors (Lipinski definition) is 5. The maximum absolute atomic E-state index is 12.7. The summed E-state index contributed by atoms with van der Waals surface area (Å²) in [5, 5.41) is 8.52. The summed E-state index contributed by atoms with van der Waals surface area (Å²) in [6.45, 7) is 1.82. The van der Waals surface area contributed by atoms with E-state index in [1.807, 2.05) is 0 Å². The van der Waals surface area contributed by atoms with E-state index < -0.39 is 11.7 Å². The Hall–Kier alpha value is -2.78. The average Bonchev–Trinajstić information content (AvgIpc) is 2.58. The molecule has 6 nitrogen and oxygen atoms in total. The molecule has 0 atom stereocenters. The van der Waals surface area contributed by atoms with Crippen molar-refractivity contribution in [1.82, 2.24) is 5.12 Å². The maximum Gasteiger partial charge on any atom is 0.416 e. The number of hydrazone groups is 1. The van der Waals surface area contributed by atoms with Gasteiger partial charge >= 0.3 is 6.18 Å². The zero-order valence-electron chi connectivity index (χ0n) is 14.4. The Morgan fingerprint density at radius 3 is 2.41 bits per heavy atom. The number of rotatable bonds is 6. The van der Waals surface area contributed by atoms with Crippen LogP contribution in [0.2, 0.25) is 0 Å². The lowest BCUT2D eigenvalue weighted by molar-refractivity contribution is -0.137. The fourth-order valence-corrected chi connectivity index (χ4v) is 2.60. The van der Waals surface area contributed by atoms with Gasteiger partial charge in [0.15, 0.2) is 5.84 Å². The van der Waals surface area contributed by atoms with E-state index in [4.69, 9.17) is 16.3 Å². The van der Waals surface area contributed by atoms with Gasteiger partial charge in [-0.15, -0.1) is 5.10 Å². The van der Waals surface area contributed by atoms with Crippen molar-refractivity contribution in [3.8, 4) is 0 Å². The first-order valence-electron chi connectivity index (χ1n) is 8.30. The molecule has 0 spiro atoms. The van der Waals surface area contributed by atoms with Crippen molar-refractivity contribution in [2.45, 2.75) is 6.18 Å². The minimum absolute atomic E-state index is 0.202. The van der Waals surface area contributed by atoms with Crippen LogP contribution < -0.4 is 16.9 Å². The molecule has 2 aromatic carbocycles. The monoisotopic (exact) mass is 379 g/mol. The van der Waals surface area contributed by atoms with E-state index in [0.717, 1.165) is 12.1 Å². The van der Waals surface area contributed by atoms with Gasteiger partial charge < -0.3 is 15.8 Å². The second kappa shape index (κ2) is 7.85. The molecule has 5 N–H and O–H groups in total. The number of nitrogens with zero attached hydrogens (tertiary/aromatic N) is 2.